The van der Waals surface area contributed by atoms with E-state index >= 15 is 0 Å². The molecule has 4 rings (SSSR count). The largest absolute Gasteiger partial charge is 0.339 e. The number of sulfonamides is 1. The molecule has 1 aliphatic rings. The van der Waals surface area contributed by atoms with Crippen LogP contribution in [0.3, 0.4) is 0 Å². The summed E-state index contributed by atoms with van der Waals surface area (Å²) in [7, 11) is -1.60. The summed E-state index contributed by atoms with van der Waals surface area (Å²) in [5.74, 6) is 0.0445. The summed E-state index contributed by atoms with van der Waals surface area (Å²) in [5, 5.41) is 0.920. The molecule has 1 fully saturated rings. The van der Waals surface area contributed by atoms with E-state index in [4.69, 9.17) is 0 Å². The number of aromatic nitrogens is 1. The van der Waals surface area contributed by atoms with Gasteiger partial charge in [0, 0.05) is 26.6 Å². The first-order valence-electron chi connectivity index (χ1n) is 10.1. The van der Waals surface area contributed by atoms with Crippen molar-refractivity contribution < 1.29 is 13.2 Å². The van der Waals surface area contributed by atoms with E-state index in [0.29, 0.717) is 37.4 Å². The van der Waals surface area contributed by atoms with Crippen molar-refractivity contribution in [2.75, 3.05) is 20.1 Å². The minimum absolute atomic E-state index is 0.0445. The number of aryl methyl sites for hydroxylation is 1. The zero-order valence-electron chi connectivity index (χ0n) is 17.0. The third-order valence-corrected chi connectivity index (χ3v) is 8.32. The van der Waals surface area contributed by atoms with Crippen LogP contribution in [0, 0.1) is 0 Å². The van der Waals surface area contributed by atoms with E-state index in [2.05, 4.69) is 4.98 Å². The highest BCUT2D eigenvalue weighted by atomic mass is 32.2. The van der Waals surface area contributed by atoms with Gasteiger partial charge in [-0.3, -0.25) is 4.79 Å². The van der Waals surface area contributed by atoms with Crippen molar-refractivity contribution in [2.45, 2.75) is 37.1 Å². The third kappa shape index (κ3) is 4.55. The summed E-state index contributed by atoms with van der Waals surface area (Å²) in [4.78, 5) is 19.1. The van der Waals surface area contributed by atoms with Crippen LogP contribution < -0.4 is 0 Å². The number of carbonyl (C=O) groups is 1. The van der Waals surface area contributed by atoms with Gasteiger partial charge in [0.15, 0.2) is 0 Å². The summed E-state index contributed by atoms with van der Waals surface area (Å²) in [5.41, 5.74) is 1.92. The molecule has 2 aromatic carbocycles. The molecule has 0 atom stereocenters. The molecule has 1 amide bonds. The van der Waals surface area contributed by atoms with Gasteiger partial charge >= 0.3 is 0 Å². The molecular weight excluding hydrogens is 418 g/mol. The Labute approximate surface area is 181 Å². The maximum Gasteiger partial charge on any atom is 0.243 e. The van der Waals surface area contributed by atoms with Crippen LogP contribution in [0.5, 0.6) is 0 Å². The Balaban J connectivity index is 1.33. The first-order valence-corrected chi connectivity index (χ1v) is 12.4. The monoisotopic (exact) mass is 443 g/mol. The van der Waals surface area contributed by atoms with Crippen LogP contribution in [0.4, 0.5) is 0 Å². The quantitative estimate of drug-likeness (QED) is 0.559. The molecule has 1 aromatic heterocycles. The molecule has 8 heteroatoms. The van der Waals surface area contributed by atoms with E-state index < -0.39 is 10.0 Å². The number of thiazole rings is 1. The molecular formula is C22H25N3O3S2. The maximum atomic E-state index is 12.6. The number of rotatable bonds is 7. The molecule has 3 aromatic rings. The fraction of sp³-hybridized carbons (Fsp3) is 0.364. The summed E-state index contributed by atoms with van der Waals surface area (Å²) in [6.07, 6.45) is 2.79. The van der Waals surface area contributed by atoms with E-state index in [1.54, 1.807) is 39.7 Å². The van der Waals surface area contributed by atoms with Crippen molar-refractivity contribution >= 4 is 37.5 Å². The van der Waals surface area contributed by atoms with Crippen LogP contribution in [0.15, 0.2) is 53.4 Å². The van der Waals surface area contributed by atoms with Crippen LogP contribution in [0.25, 0.3) is 10.2 Å². The predicted molar refractivity (Wildman–Crippen MR) is 119 cm³/mol. The highest BCUT2D eigenvalue weighted by Crippen LogP contribution is 2.23. The van der Waals surface area contributed by atoms with Gasteiger partial charge in [-0.05, 0) is 49.1 Å². The molecule has 1 aliphatic heterocycles. The molecule has 158 valence electrons. The van der Waals surface area contributed by atoms with Crippen LogP contribution in [-0.2, 0) is 27.8 Å². The van der Waals surface area contributed by atoms with E-state index in [1.807, 2.05) is 36.4 Å². The SMILES string of the molecule is CN(Cc1nc2ccccc2s1)C(=O)CCc1ccc(S(=O)(=O)N2CCCC2)cc1. The van der Waals surface area contributed by atoms with Crippen molar-refractivity contribution in [3.05, 3.63) is 59.1 Å². The summed E-state index contributed by atoms with van der Waals surface area (Å²) >= 11 is 1.61. The van der Waals surface area contributed by atoms with Gasteiger partial charge in [0.05, 0.1) is 21.7 Å². The lowest BCUT2D eigenvalue weighted by Gasteiger charge is -2.16. The molecule has 30 heavy (non-hydrogen) atoms. The van der Waals surface area contributed by atoms with Gasteiger partial charge in [0.25, 0.3) is 0 Å². The molecule has 0 bridgehead atoms. The van der Waals surface area contributed by atoms with Gasteiger partial charge in [0.1, 0.15) is 5.01 Å². The lowest BCUT2D eigenvalue weighted by Crippen LogP contribution is -2.27. The van der Waals surface area contributed by atoms with Crippen LogP contribution in [0.1, 0.15) is 29.8 Å². The zero-order valence-corrected chi connectivity index (χ0v) is 18.6. The van der Waals surface area contributed by atoms with Gasteiger partial charge in [-0.1, -0.05) is 24.3 Å². The van der Waals surface area contributed by atoms with E-state index in [-0.39, 0.29) is 5.91 Å². The zero-order chi connectivity index (χ0) is 21.1. The Hall–Kier alpha value is -2.29. The number of amides is 1. The van der Waals surface area contributed by atoms with Crippen LogP contribution in [-0.4, -0.2) is 48.7 Å². The van der Waals surface area contributed by atoms with E-state index in [1.165, 1.54) is 0 Å². The average Bonchev–Trinajstić information content (AvgIpc) is 3.42. The Morgan fingerprint density at radius 3 is 2.50 bits per heavy atom. The number of hydrogen-bond acceptors (Lipinski definition) is 5. The maximum absolute atomic E-state index is 12.6. The second-order valence-corrected chi connectivity index (χ2v) is 10.6. The first-order chi connectivity index (χ1) is 14.4. The number of fused-ring (bicyclic) bond motifs is 1. The molecule has 1 saturated heterocycles. The van der Waals surface area contributed by atoms with Gasteiger partial charge in [-0.2, -0.15) is 4.31 Å². The molecule has 0 unspecified atom stereocenters. The number of hydrogen-bond donors (Lipinski definition) is 0. The normalized spacial score (nSPS) is 15.0. The Bertz CT molecular complexity index is 1100. The number of carbonyl (C=O) groups excluding carboxylic acids is 1. The summed E-state index contributed by atoms with van der Waals surface area (Å²) in [6, 6.07) is 14.9. The first kappa shape index (κ1) is 21.0. The second-order valence-electron chi connectivity index (χ2n) is 7.58. The van der Waals surface area contributed by atoms with Crippen molar-refractivity contribution in [1.29, 1.82) is 0 Å². The molecule has 6 nitrogen and oxygen atoms in total. The van der Waals surface area contributed by atoms with E-state index in [9.17, 15) is 13.2 Å². The van der Waals surface area contributed by atoms with E-state index in [0.717, 1.165) is 33.6 Å². The molecule has 0 saturated carbocycles. The van der Waals surface area contributed by atoms with Gasteiger partial charge in [-0.25, -0.2) is 13.4 Å². The third-order valence-electron chi connectivity index (χ3n) is 5.39. The van der Waals surface area contributed by atoms with Gasteiger partial charge in [0.2, 0.25) is 15.9 Å². The van der Waals surface area contributed by atoms with Crippen LogP contribution >= 0.6 is 11.3 Å². The minimum Gasteiger partial charge on any atom is -0.339 e. The molecule has 0 radical (unpaired) electrons. The Morgan fingerprint density at radius 1 is 1.10 bits per heavy atom. The number of benzene rings is 2. The summed E-state index contributed by atoms with van der Waals surface area (Å²) in [6.45, 7) is 1.68. The second kappa shape index (κ2) is 8.83. The van der Waals surface area contributed by atoms with Crippen LogP contribution in [0.2, 0.25) is 0 Å². The van der Waals surface area contributed by atoms with Gasteiger partial charge in [-0.15, -0.1) is 11.3 Å². The van der Waals surface area contributed by atoms with Crippen molar-refractivity contribution in [3.8, 4) is 0 Å². The lowest BCUT2D eigenvalue weighted by molar-refractivity contribution is -0.130. The predicted octanol–water partition coefficient (Wildman–Crippen LogP) is 3.67. The topological polar surface area (TPSA) is 70.6 Å². The average molecular weight is 444 g/mol. The Morgan fingerprint density at radius 2 is 1.80 bits per heavy atom. The Kier molecular flexibility index (Phi) is 6.17. The fourth-order valence-electron chi connectivity index (χ4n) is 3.63. The van der Waals surface area contributed by atoms with Crippen molar-refractivity contribution in [1.82, 2.24) is 14.2 Å². The van der Waals surface area contributed by atoms with Gasteiger partial charge < -0.3 is 4.90 Å². The number of para-hydroxylation sites is 1. The highest BCUT2D eigenvalue weighted by Gasteiger charge is 2.26. The lowest BCUT2D eigenvalue weighted by atomic mass is 10.1. The number of nitrogens with zero attached hydrogens (tertiary/aromatic N) is 3. The minimum atomic E-state index is -3.39. The fourth-order valence-corrected chi connectivity index (χ4v) is 6.16. The molecule has 2 heterocycles. The highest BCUT2D eigenvalue weighted by molar-refractivity contribution is 7.89. The standard InChI is InChI=1S/C22H25N3O3S2/c1-24(16-21-23-19-6-2-3-7-20(19)29-21)22(26)13-10-17-8-11-18(12-9-17)30(27,28)25-14-4-5-15-25/h2-3,6-9,11-12H,4-5,10,13-16H2,1H3. The van der Waals surface area contributed by atoms with Crippen molar-refractivity contribution in [2.24, 2.45) is 0 Å². The molecule has 0 aliphatic carbocycles. The molecule has 0 spiro atoms. The van der Waals surface area contributed by atoms with Crippen molar-refractivity contribution in [3.63, 3.8) is 0 Å². The smallest absolute Gasteiger partial charge is 0.243 e. The molecule has 0 N–H and O–H groups in total. The summed E-state index contributed by atoms with van der Waals surface area (Å²) < 4.78 is 27.9.